The van der Waals surface area contributed by atoms with Crippen molar-refractivity contribution in [3.8, 4) is 0 Å². The third kappa shape index (κ3) is 14.3. The van der Waals surface area contributed by atoms with Crippen LogP contribution in [0.25, 0.3) is 0 Å². The topological polar surface area (TPSA) is 195 Å². The third-order valence-corrected chi connectivity index (χ3v) is 7.01. The molecule has 2 fully saturated rings. The molecule has 2 rings (SSSR count). The summed E-state index contributed by atoms with van der Waals surface area (Å²) in [5.74, 6) is -4.55. The number of hydrogen-bond donors (Lipinski definition) is 0. The Morgan fingerprint density at radius 3 is 1.59 bits per heavy atom. The van der Waals surface area contributed by atoms with Gasteiger partial charge in [0.2, 0.25) is 0 Å². The molecule has 16 heteroatoms. The highest BCUT2D eigenvalue weighted by atomic mass is 16.8. The average molecular weight is 701 g/mol. The lowest BCUT2D eigenvalue weighted by atomic mass is 9.98. The molecule has 0 aromatic rings. The van der Waals surface area contributed by atoms with E-state index >= 15 is 0 Å². The van der Waals surface area contributed by atoms with E-state index in [0.29, 0.717) is 0 Å². The highest BCUT2D eigenvalue weighted by Gasteiger charge is 2.54. The van der Waals surface area contributed by atoms with E-state index in [1.165, 1.54) is 5.57 Å². The lowest BCUT2D eigenvalue weighted by molar-refractivity contribution is -0.323. The van der Waals surface area contributed by atoms with E-state index in [0.717, 1.165) is 60.0 Å². The minimum absolute atomic E-state index is 0.0174. The van der Waals surface area contributed by atoms with Gasteiger partial charge < -0.3 is 47.4 Å². The van der Waals surface area contributed by atoms with Gasteiger partial charge in [-0.3, -0.25) is 28.8 Å². The quantitative estimate of drug-likeness (QED) is 0.137. The molecule has 0 bridgehead atoms. The van der Waals surface area contributed by atoms with Gasteiger partial charge in [-0.15, -0.1) is 0 Å². The fourth-order valence-corrected chi connectivity index (χ4v) is 5.14. The second kappa shape index (κ2) is 20.0. The van der Waals surface area contributed by atoms with E-state index < -0.39 is 97.7 Å². The highest BCUT2D eigenvalue weighted by molar-refractivity contribution is 5.69. The van der Waals surface area contributed by atoms with Crippen molar-refractivity contribution in [1.29, 1.82) is 0 Å². The molecule has 2 aliphatic heterocycles. The van der Waals surface area contributed by atoms with Crippen LogP contribution in [0.2, 0.25) is 0 Å². The van der Waals surface area contributed by atoms with Gasteiger partial charge in [0.05, 0.1) is 19.8 Å². The van der Waals surface area contributed by atoms with Crippen LogP contribution in [0.15, 0.2) is 23.3 Å². The van der Waals surface area contributed by atoms with Crippen LogP contribution in [0, 0.1) is 0 Å². The Labute approximate surface area is 285 Å². The highest BCUT2D eigenvalue weighted by Crippen LogP contribution is 2.32. The molecular weight excluding hydrogens is 652 g/mol. The van der Waals surface area contributed by atoms with Crippen LogP contribution in [0.1, 0.15) is 75.2 Å². The molecule has 0 N–H and O–H groups in total. The van der Waals surface area contributed by atoms with E-state index in [9.17, 15) is 28.8 Å². The molecule has 2 aliphatic rings. The predicted octanol–water partition coefficient (Wildman–Crippen LogP) is 2.38. The predicted molar refractivity (Wildman–Crippen MR) is 166 cm³/mol. The zero-order valence-corrected chi connectivity index (χ0v) is 29.4. The van der Waals surface area contributed by atoms with Crippen molar-refractivity contribution in [2.75, 3.05) is 19.8 Å². The largest absolute Gasteiger partial charge is 0.456 e. The van der Waals surface area contributed by atoms with Gasteiger partial charge in [-0.2, -0.15) is 0 Å². The van der Waals surface area contributed by atoms with E-state index in [2.05, 4.69) is 6.08 Å². The summed E-state index contributed by atoms with van der Waals surface area (Å²) in [6, 6.07) is 0. The summed E-state index contributed by atoms with van der Waals surface area (Å²) in [5.41, 5.74) is 2.21. The number of esters is 6. The van der Waals surface area contributed by atoms with Gasteiger partial charge in [-0.25, -0.2) is 0 Å². The van der Waals surface area contributed by atoms with Crippen molar-refractivity contribution < 1.29 is 76.1 Å². The fraction of sp³-hybridized carbons (Fsp3) is 0.697. The van der Waals surface area contributed by atoms with Gasteiger partial charge in [0, 0.05) is 41.5 Å². The van der Waals surface area contributed by atoms with Gasteiger partial charge in [-0.05, 0) is 33.6 Å². The molecule has 0 aromatic carbocycles. The molecule has 0 spiro atoms. The number of rotatable bonds is 15. The number of ether oxygens (including phenoxy) is 10. The molecule has 2 saturated heterocycles. The van der Waals surface area contributed by atoms with Gasteiger partial charge in [0.15, 0.2) is 49.2 Å². The Morgan fingerprint density at radius 1 is 0.571 bits per heavy atom. The first-order chi connectivity index (χ1) is 23.0. The maximum absolute atomic E-state index is 12.2. The Hall–Kier alpha value is -3.86. The second-order valence-corrected chi connectivity index (χ2v) is 11.8. The molecule has 0 aliphatic carbocycles. The monoisotopic (exact) mass is 700 g/mol. The summed E-state index contributed by atoms with van der Waals surface area (Å²) < 4.78 is 56.3. The van der Waals surface area contributed by atoms with Crippen LogP contribution in [-0.4, -0.2) is 111 Å². The number of carbonyl (C=O) groups excluding carboxylic acids is 6. The third-order valence-electron chi connectivity index (χ3n) is 7.01. The Kier molecular flexibility index (Phi) is 16.8. The molecule has 0 unspecified atom stereocenters. The van der Waals surface area contributed by atoms with Gasteiger partial charge >= 0.3 is 35.8 Å². The van der Waals surface area contributed by atoms with Crippen LogP contribution >= 0.6 is 0 Å². The molecular formula is C33H48O16. The molecule has 49 heavy (non-hydrogen) atoms. The van der Waals surface area contributed by atoms with Crippen molar-refractivity contribution in [2.45, 2.75) is 130 Å². The molecule has 16 nitrogen and oxygen atoms in total. The summed E-state index contributed by atoms with van der Waals surface area (Å²) in [4.78, 5) is 72.4. The van der Waals surface area contributed by atoms with Crippen molar-refractivity contribution in [3.05, 3.63) is 23.3 Å². The molecule has 0 radical (unpaired) electrons. The van der Waals surface area contributed by atoms with Crippen molar-refractivity contribution in [3.63, 3.8) is 0 Å². The maximum Gasteiger partial charge on any atom is 0.303 e. The SMILES string of the molecule is CC(=O)O[C@@H]1[C@@H](OC(C)=O)[C@H](OC/C=C(/C)CCC=C(C)C)O[C@H](CO[C@@H]2OC[C@H](OC(C)=O)[C@H](OC(C)=O)[C@H]2OC(C)=O)[C@H]1OC(C)=O. The first-order valence-electron chi connectivity index (χ1n) is 15.8. The smallest absolute Gasteiger partial charge is 0.303 e. The summed E-state index contributed by atoms with van der Waals surface area (Å²) in [7, 11) is 0. The molecule has 0 aromatic heterocycles. The minimum Gasteiger partial charge on any atom is -0.456 e. The summed E-state index contributed by atoms with van der Waals surface area (Å²) in [5, 5.41) is 0. The lowest BCUT2D eigenvalue weighted by Gasteiger charge is -2.45. The summed E-state index contributed by atoms with van der Waals surface area (Å²) in [6.45, 7) is 12.0. The number of carbonyl (C=O) groups is 6. The first-order valence-corrected chi connectivity index (χ1v) is 15.8. The lowest BCUT2D eigenvalue weighted by Crippen LogP contribution is -2.63. The van der Waals surface area contributed by atoms with Gasteiger partial charge in [0.25, 0.3) is 0 Å². The van der Waals surface area contributed by atoms with Crippen LogP contribution in [-0.2, 0) is 76.1 Å². The van der Waals surface area contributed by atoms with Crippen LogP contribution in [0.5, 0.6) is 0 Å². The van der Waals surface area contributed by atoms with Gasteiger partial charge in [0.1, 0.15) is 6.10 Å². The second-order valence-electron chi connectivity index (χ2n) is 11.8. The van der Waals surface area contributed by atoms with E-state index in [1.54, 1.807) is 0 Å². The Balaban J connectivity index is 2.42. The van der Waals surface area contributed by atoms with Crippen molar-refractivity contribution in [2.24, 2.45) is 0 Å². The van der Waals surface area contributed by atoms with Crippen LogP contribution in [0.4, 0.5) is 0 Å². The number of allylic oxidation sites excluding steroid dienone is 3. The Bertz CT molecular complexity index is 1240. The van der Waals surface area contributed by atoms with E-state index in [4.69, 9.17) is 47.4 Å². The molecule has 0 amide bonds. The fourth-order valence-electron chi connectivity index (χ4n) is 5.14. The van der Waals surface area contributed by atoms with E-state index in [-0.39, 0.29) is 13.2 Å². The molecule has 2 heterocycles. The minimum atomic E-state index is -1.42. The molecule has 9 atom stereocenters. The van der Waals surface area contributed by atoms with Crippen molar-refractivity contribution >= 4 is 35.8 Å². The molecule has 0 saturated carbocycles. The zero-order valence-electron chi connectivity index (χ0n) is 29.4. The first kappa shape index (κ1) is 41.3. The summed E-state index contributed by atoms with van der Waals surface area (Å²) in [6.07, 6.45) is -6.49. The summed E-state index contributed by atoms with van der Waals surface area (Å²) >= 11 is 0. The normalized spacial score (nSPS) is 28.3. The standard InChI is InChI=1S/C33H48O16/c1-17(2)11-10-12-18(3)13-14-40-33-31(48-24(9)39)29(46-22(7)37)27(44-20(5)35)26(49-33)16-42-32-30(47-23(8)38)28(45-21(6)36)25(15-41-32)43-19(4)34/h11,13,25-33H,10,12,14-16H2,1-9H3/b18-13-/t25-,26+,27+,28-,29-,30+,31+,32-,33+/m0/s1. The van der Waals surface area contributed by atoms with Crippen LogP contribution in [0.3, 0.4) is 0 Å². The molecule has 276 valence electrons. The average Bonchev–Trinajstić information content (AvgIpc) is 2.95. The van der Waals surface area contributed by atoms with Gasteiger partial charge in [-0.1, -0.05) is 23.3 Å². The van der Waals surface area contributed by atoms with E-state index in [1.807, 2.05) is 26.8 Å². The zero-order chi connectivity index (χ0) is 36.8. The van der Waals surface area contributed by atoms with Crippen molar-refractivity contribution in [1.82, 2.24) is 0 Å². The Morgan fingerprint density at radius 2 is 1.06 bits per heavy atom. The van der Waals surface area contributed by atoms with Crippen LogP contribution < -0.4 is 0 Å². The maximum atomic E-state index is 12.2. The number of hydrogen-bond acceptors (Lipinski definition) is 16.